The second-order valence-electron chi connectivity index (χ2n) is 7.60. The van der Waals surface area contributed by atoms with Gasteiger partial charge < -0.3 is 19.6 Å². The van der Waals surface area contributed by atoms with Crippen molar-refractivity contribution in [1.29, 1.82) is 0 Å². The molecule has 2 aliphatic rings. The van der Waals surface area contributed by atoms with Gasteiger partial charge >= 0.3 is 6.09 Å². The Morgan fingerprint density at radius 2 is 2.00 bits per heavy atom. The lowest BCUT2D eigenvalue weighted by atomic mass is 9.75. The van der Waals surface area contributed by atoms with Crippen molar-refractivity contribution in [2.45, 2.75) is 40.0 Å². The van der Waals surface area contributed by atoms with Crippen LogP contribution in [0.1, 0.15) is 42.9 Å². The summed E-state index contributed by atoms with van der Waals surface area (Å²) in [6.07, 6.45) is 2.20. The van der Waals surface area contributed by atoms with Crippen molar-refractivity contribution in [2.75, 3.05) is 13.7 Å². The lowest BCUT2D eigenvalue weighted by Crippen LogP contribution is -2.30. The minimum absolute atomic E-state index is 0.0684. The summed E-state index contributed by atoms with van der Waals surface area (Å²) in [4.78, 5) is 36.9. The monoisotopic (exact) mass is 385 g/mol. The number of alkyl carbamates (subject to hydrolysis) is 1. The topological polar surface area (TPSA) is 81.7 Å². The minimum Gasteiger partial charge on any atom is -0.496 e. The fraction of sp³-hybridized carbons (Fsp3) is 0.500. The highest BCUT2D eigenvalue weighted by Gasteiger charge is 2.48. The van der Waals surface area contributed by atoms with E-state index in [9.17, 15) is 14.4 Å². The number of carbonyl (C=O) groups excluding carboxylic acids is 3. The second kappa shape index (κ2) is 8.17. The molecule has 0 radical (unpaired) electrons. The molecule has 1 aromatic carbocycles. The van der Waals surface area contributed by atoms with E-state index >= 15 is 0 Å². The Morgan fingerprint density at radius 3 is 2.64 bits per heavy atom. The molecule has 3 unspecified atom stereocenters. The molecule has 3 rings (SSSR count). The highest BCUT2D eigenvalue weighted by molar-refractivity contribution is 6.26. The van der Waals surface area contributed by atoms with E-state index < -0.39 is 6.09 Å². The average Bonchev–Trinajstić information content (AvgIpc) is 2.92. The zero-order valence-corrected chi connectivity index (χ0v) is 16.8. The van der Waals surface area contributed by atoms with Crippen LogP contribution in [0.15, 0.2) is 17.9 Å². The fourth-order valence-electron chi connectivity index (χ4n) is 4.49. The van der Waals surface area contributed by atoms with Crippen LogP contribution in [0, 0.1) is 31.6 Å². The quantitative estimate of drug-likeness (QED) is 0.784. The van der Waals surface area contributed by atoms with E-state index in [1.54, 1.807) is 7.11 Å². The van der Waals surface area contributed by atoms with Gasteiger partial charge in [0, 0.05) is 29.9 Å². The van der Waals surface area contributed by atoms with E-state index in [-0.39, 0.29) is 23.5 Å². The van der Waals surface area contributed by atoms with E-state index in [0.29, 0.717) is 48.5 Å². The zero-order chi connectivity index (χ0) is 20.4. The van der Waals surface area contributed by atoms with E-state index in [1.807, 2.05) is 32.9 Å². The van der Waals surface area contributed by atoms with Gasteiger partial charge in [-0.05, 0) is 57.2 Å². The molecule has 28 heavy (non-hydrogen) atoms. The molecule has 1 amide bonds. The predicted octanol–water partition coefficient (Wildman–Crippen LogP) is 3.58. The number of rotatable bonds is 5. The van der Waals surface area contributed by atoms with Crippen LogP contribution in [-0.2, 0) is 14.3 Å². The van der Waals surface area contributed by atoms with Gasteiger partial charge in [-0.25, -0.2) is 4.79 Å². The number of hydrogen-bond acceptors (Lipinski definition) is 5. The van der Waals surface area contributed by atoms with Crippen molar-refractivity contribution >= 4 is 23.7 Å². The molecular formula is C22H27NO5. The Bertz CT molecular complexity index is 842. The van der Waals surface area contributed by atoms with Gasteiger partial charge in [-0.1, -0.05) is 6.07 Å². The third-order valence-corrected chi connectivity index (χ3v) is 5.69. The Kier molecular flexibility index (Phi) is 5.87. The van der Waals surface area contributed by atoms with Crippen molar-refractivity contribution in [1.82, 2.24) is 5.32 Å². The highest BCUT2D eigenvalue weighted by Crippen LogP contribution is 2.50. The number of benzene rings is 1. The van der Waals surface area contributed by atoms with Gasteiger partial charge in [-0.3, -0.25) is 4.79 Å². The number of aryl methyl sites for hydroxylation is 2. The van der Waals surface area contributed by atoms with Gasteiger partial charge in [0.05, 0.1) is 12.7 Å². The number of hydrogen-bond donors (Lipinski definition) is 1. The van der Waals surface area contributed by atoms with Crippen LogP contribution in [-0.4, -0.2) is 31.8 Å². The molecule has 0 heterocycles. The first-order chi connectivity index (χ1) is 13.4. The number of ketones is 1. The Hall–Kier alpha value is -2.63. The molecule has 150 valence electrons. The molecule has 0 spiro atoms. The summed E-state index contributed by atoms with van der Waals surface area (Å²) >= 11 is 0. The van der Waals surface area contributed by atoms with E-state index in [2.05, 4.69) is 5.32 Å². The second-order valence-corrected chi connectivity index (χ2v) is 7.60. The summed E-state index contributed by atoms with van der Waals surface area (Å²) in [6.45, 7) is 6.13. The number of carbonyl (C=O) groups is 3. The average molecular weight is 385 g/mol. The molecule has 0 bridgehead atoms. The van der Waals surface area contributed by atoms with Crippen LogP contribution in [0.25, 0.3) is 5.57 Å². The van der Waals surface area contributed by atoms with Crippen molar-refractivity contribution < 1.29 is 23.9 Å². The molecule has 6 nitrogen and oxygen atoms in total. The van der Waals surface area contributed by atoms with Gasteiger partial charge in [-0.15, -0.1) is 0 Å². The molecule has 1 aromatic rings. The molecule has 2 aliphatic carbocycles. The summed E-state index contributed by atoms with van der Waals surface area (Å²) in [5.74, 6) is 0.275. The largest absolute Gasteiger partial charge is 0.496 e. The molecule has 1 fully saturated rings. The standard InChI is InChI=1S/C22H27NO5/c1-5-23-22(26)28-21-15-7-6-14(11-24)10-16(15)20(25)19(21)18-13(3)8-12(2)9-17(18)27-4/h8-9,11,14-16H,5-7,10H2,1-4H3,(H,23,26). The van der Waals surface area contributed by atoms with Gasteiger partial charge in [0.25, 0.3) is 0 Å². The van der Waals surface area contributed by atoms with Gasteiger partial charge in [0.15, 0.2) is 5.78 Å². The van der Waals surface area contributed by atoms with Crippen molar-refractivity contribution in [3.63, 3.8) is 0 Å². The van der Waals surface area contributed by atoms with Crippen LogP contribution < -0.4 is 10.1 Å². The SMILES string of the molecule is CCNC(=O)OC1=C(c2c(C)cc(C)cc2OC)C(=O)C2CC(C=O)CCC12. The van der Waals surface area contributed by atoms with Gasteiger partial charge in [0.2, 0.25) is 0 Å². The molecular weight excluding hydrogens is 358 g/mol. The van der Waals surface area contributed by atoms with Crippen LogP contribution in [0.4, 0.5) is 4.79 Å². The summed E-state index contributed by atoms with van der Waals surface area (Å²) in [5.41, 5.74) is 3.01. The van der Waals surface area contributed by atoms with Gasteiger partial charge in [0.1, 0.15) is 17.8 Å². The first-order valence-electron chi connectivity index (χ1n) is 9.76. The van der Waals surface area contributed by atoms with E-state index in [1.165, 1.54) is 0 Å². The van der Waals surface area contributed by atoms with Crippen molar-refractivity contribution in [3.05, 3.63) is 34.6 Å². The maximum atomic E-state index is 13.4. The van der Waals surface area contributed by atoms with E-state index in [0.717, 1.165) is 17.4 Å². The number of fused-ring (bicyclic) bond motifs is 1. The highest BCUT2D eigenvalue weighted by atomic mass is 16.6. The van der Waals surface area contributed by atoms with Gasteiger partial charge in [-0.2, -0.15) is 0 Å². The Labute approximate surface area is 165 Å². The first-order valence-corrected chi connectivity index (χ1v) is 9.76. The normalized spacial score (nSPS) is 24.0. The maximum Gasteiger partial charge on any atom is 0.412 e. The van der Waals surface area contributed by atoms with Crippen LogP contribution in [0.3, 0.4) is 0 Å². The summed E-state index contributed by atoms with van der Waals surface area (Å²) in [6, 6.07) is 3.86. The molecule has 0 aromatic heterocycles. The smallest absolute Gasteiger partial charge is 0.412 e. The zero-order valence-electron chi connectivity index (χ0n) is 16.8. The number of methoxy groups -OCH3 is 1. The number of Topliss-reactive ketones (excluding diaryl/α,β-unsaturated/α-hetero) is 1. The first kappa shape index (κ1) is 20.1. The molecule has 1 N–H and O–H groups in total. The number of ether oxygens (including phenoxy) is 2. The molecule has 0 aliphatic heterocycles. The number of nitrogens with one attached hydrogen (secondary N) is 1. The summed E-state index contributed by atoms with van der Waals surface area (Å²) in [7, 11) is 1.57. The number of allylic oxidation sites excluding steroid dienone is 2. The van der Waals surface area contributed by atoms with Crippen LogP contribution >= 0.6 is 0 Å². The third kappa shape index (κ3) is 3.55. The lowest BCUT2D eigenvalue weighted by Gasteiger charge is -2.29. The van der Waals surface area contributed by atoms with Crippen LogP contribution in [0.5, 0.6) is 5.75 Å². The summed E-state index contributed by atoms with van der Waals surface area (Å²) < 4.78 is 11.2. The minimum atomic E-state index is -0.565. The molecule has 1 saturated carbocycles. The predicted molar refractivity (Wildman–Crippen MR) is 105 cm³/mol. The lowest BCUT2D eigenvalue weighted by molar-refractivity contribution is -0.120. The molecule has 3 atom stereocenters. The molecule has 6 heteroatoms. The number of amides is 1. The maximum absolute atomic E-state index is 13.4. The van der Waals surface area contributed by atoms with Crippen molar-refractivity contribution in [3.8, 4) is 5.75 Å². The summed E-state index contributed by atoms with van der Waals surface area (Å²) in [5, 5.41) is 2.63. The van der Waals surface area contributed by atoms with Crippen molar-refractivity contribution in [2.24, 2.45) is 17.8 Å². The fourth-order valence-corrected chi connectivity index (χ4v) is 4.49. The molecule has 0 saturated heterocycles. The third-order valence-electron chi connectivity index (χ3n) is 5.69. The van der Waals surface area contributed by atoms with E-state index in [4.69, 9.17) is 9.47 Å². The number of aldehydes is 1. The Morgan fingerprint density at radius 1 is 1.25 bits per heavy atom. The Balaban J connectivity index is 2.14. The van der Waals surface area contributed by atoms with Crippen LogP contribution in [0.2, 0.25) is 0 Å².